The Morgan fingerprint density at radius 2 is 1.74 bits per heavy atom. The molecular formula is C18H18F2N2O4S. The zero-order chi connectivity index (χ0) is 19.6. The average molecular weight is 396 g/mol. The fraction of sp³-hybridized carbons (Fsp3) is 0.278. The Kier molecular flexibility index (Phi) is 5.43. The summed E-state index contributed by atoms with van der Waals surface area (Å²) in [4.78, 5) is 13.5. The summed E-state index contributed by atoms with van der Waals surface area (Å²) in [7, 11) is -2.60. The van der Waals surface area contributed by atoms with Crippen LogP contribution in [0.3, 0.4) is 0 Å². The number of methoxy groups -OCH3 is 1. The lowest BCUT2D eigenvalue weighted by Gasteiger charge is -2.34. The topological polar surface area (TPSA) is 66.9 Å². The summed E-state index contributed by atoms with van der Waals surface area (Å²) >= 11 is 0. The van der Waals surface area contributed by atoms with Crippen LogP contribution < -0.4 is 4.74 Å². The predicted octanol–water partition coefficient (Wildman–Crippen LogP) is 2.12. The molecule has 1 amide bonds. The molecule has 2 aromatic rings. The van der Waals surface area contributed by atoms with Gasteiger partial charge in [0, 0.05) is 37.8 Å². The Balaban J connectivity index is 1.71. The molecule has 0 spiro atoms. The largest absolute Gasteiger partial charge is 0.497 e. The van der Waals surface area contributed by atoms with Gasteiger partial charge in [0.05, 0.1) is 7.11 Å². The molecule has 27 heavy (non-hydrogen) atoms. The van der Waals surface area contributed by atoms with Crippen LogP contribution >= 0.6 is 0 Å². The van der Waals surface area contributed by atoms with E-state index in [0.717, 1.165) is 16.4 Å². The van der Waals surface area contributed by atoms with Crippen molar-refractivity contribution in [3.8, 4) is 5.75 Å². The van der Waals surface area contributed by atoms with Crippen molar-refractivity contribution in [1.82, 2.24) is 9.21 Å². The second-order valence-corrected chi connectivity index (χ2v) is 7.91. The van der Waals surface area contributed by atoms with Crippen molar-refractivity contribution in [2.75, 3.05) is 33.3 Å². The van der Waals surface area contributed by atoms with E-state index in [4.69, 9.17) is 4.74 Å². The number of amides is 1. The van der Waals surface area contributed by atoms with Crippen molar-refractivity contribution >= 4 is 15.9 Å². The monoisotopic (exact) mass is 396 g/mol. The predicted molar refractivity (Wildman–Crippen MR) is 94.0 cm³/mol. The molecule has 6 nitrogen and oxygen atoms in total. The lowest BCUT2D eigenvalue weighted by Crippen LogP contribution is -2.50. The third-order valence-corrected chi connectivity index (χ3v) is 6.29. The number of carbonyl (C=O) groups excluding carboxylic acids is 1. The van der Waals surface area contributed by atoms with E-state index in [1.165, 1.54) is 12.0 Å². The van der Waals surface area contributed by atoms with Crippen LogP contribution in [0, 0.1) is 11.6 Å². The number of piperazine rings is 1. The first-order valence-electron chi connectivity index (χ1n) is 8.21. The van der Waals surface area contributed by atoms with Gasteiger partial charge < -0.3 is 9.64 Å². The molecule has 144 valence electrons. The van der Waals surface area contributed by atoms with Crippen molar-refractivity contribution in [3.05, 3.63) is 59.7 Å². The highest BCUT2D eigenvalue weighted by molar-refractivity contribution is 7.89. The molecule has 0 N–H and O–H groups in total. The molecule has 0 unspecified atom stereocenters. The number of halogens is 2. The highest BCUT2D eigenvalue weighted by atomic mass is 32.2. The number of sulfonamides is 1. The molecule has 1 fully saturated rings. The first-order valence-corrected chi connectivity index (χ1v) is 9.65. The molecule has 0 aromatic heterocycles. The number of carbonyl (C=O) groups is 1. The zero-order valence-corrected chi connectivity index (χ0v) is 15.4. The van der Waals surface area contributed by atoms with Crippen molar-refractivity contribution in [2.24, 2.45) is 0 Å². The van der Waals surface area contributed by atoms with E-state index in [0.29, 0.717) is 17.4 Å². The van der Waals surface area contributed by atoms with Crippen molar-refractivity contribution in [3.63, 3.8) is 0 Å². The number of ether oxygens (including phenoxy) is 1. The number of hydrogen-bond acceptors (Lipinski definition) is 4. The van der Waals surface area contributed by atoms with Gasteiger partial charge in [-0.1, -0.05) is 6.07 Å². The van der Waals surface area contributed by atoms with E-state index in [-0.39, 0.29) is 32.1 Å². The molecule has 0 aliphatic carbocycles. The molecule has 0 radical (unpaired) electrons. The molecule has 2 aromatic carbocycles. The SMILES string of the molecule is COc1cccc(C(=O)N2CCN(S(=O)(=O)c3ccc(F)cc3F)CC2)c1. The quantitative estimate of drug-likeness (QED) is 0.794. The minimum absolute atomic E-state index is 0.0227. The number of nitrogens with zero attached hydrogens (tertiary/aromatic N) is 2. The van der Waals surface area contributed by atoms with Crippen molar-refractivity contribution < 1.29 is 26.7 Å². The van der Waals surface area contributed by atoms with Crippen LogP contribution in [-0.4, -0.2) is 56.8 Å². The molecule has 1 heterocycles. The van der Waals surface area contributed by atoms with Crippen LogP contribution in [0.25, 0.3) is 0 Å². The molecule has 9 heteroatoms. The Morgan fingerprint density at radius 1 is 1.04 bits per heavy atom. The summed E-state index contributed by atoms with van der Waals surface area (Å²) in [6, 6.07) is 9.03. The number of rotatable bonds is 4. The Bertz CT molecular complexity index is 958. The molecule has 0 atom stereocenters. The van der Waals surface area contributed by atoms with Crippen LogP contribution in [0.5, 0.6) is 5.75 Å². The minimum Gasteiger partial charge on any atom is -0.497 e. The van der Waals surface area contributed by atoms with Gasteiger partial charge in [0.15, 0.2) is 0 Å². The van der Waals surface area contributed by atoms with E-state index in [9.17, 15) is 22.0 Å². The lowest BCUT2D eigenvalue weighted by molar-refractivity contribution is 0.0697. The molecule has 1 aliphatic rings. The maximum Gasteiger partial charge on any atom is 0.254 e. The van der Waals surface area contributed by atoms with Gasteiger partial charge in [-0.2, -0.15) is 4.31 Å². The number of benzene rings is 2. The average Bonchev–Trinajstić information content (AvgIpc) is 2.67. The normalized spacial score (nSPS) is 15.6. The summed E-state index contributed by atoms with van der Waals surface area (Å²) in [5.74, 6) is -1.67. The maximum absolute atomic E-state index is 13.9. The van der Waals surface area contributed by atoms with Gasteiger partial charge >= 0.3 is 0 Å². The molecular weight excluding hydrogens is 378 g/mol. The smallest absolute Gasteiger partial charge is 0.254 e. The van der Waals surface area contributed by atoms with Crippen LogP contribution in [0.4, 0.5) is 8.78 Å². The van der Waals surface area contributed by atoms with Gasteiger partial charge in [-0.05, 0) is 30.3 Å². The van der Waals surface area contributed by atoms with Crippen molar-refractivity contribution in [2.45, 2.75) is 4.90 Å². The van der Waals surface area contributed by atoms with Crippen LogP contribution in [0.2, 0.25) is 0 Å². The molecule has 1 saturated heterocycles. The minimum atomic E-state index is -4.10. The lowest BCUT2D eigenvalue weighted by atomic mass is 10.1. The van der Waals surface area contributed by atoms with E-state index in [1.54, 1.807) is 24.3 Å². The molecule has 1 aliphatic heterocycles. The van der Waals surface area contributed by atoms with Crippen molar-refractivity contribution in [1.29, 1.82) is 0 Å². The molecule has 3 rings (SSSR count). The van der Waals surface area contributed by atoms with E-state index in [2.05, 4.69) is 0 Å². The Labute approximate surface area is 156 Å². The van der Waals surface area contributed by atoms with Crippen LogP contribution in [0.15, 0.2) is 47.4 Å². The first kappa shape index (κ1) is 19.2. The van der Waals surface area contributed by atoms with Gasteiger partial charge in [-0.15, -0.1) is 0 Å². The third-order valence-electron chi connectivity index (χ3n) is 4.35. The highest BCUT2D eigenvalue weighted by Gasteiger charge is 2.32. The van der Waals surface area contributed by atoms with Gasteiger partial charge in [-0.25, -0.2) is 17.2 Å². The highest BCUT2D eigenvalue weighted by Crippen LogP contribution is 2.22. The summed E-state index contributed by atoms with van der Waals surface area (Å²) in [6.45, 7) is 0.375. The summed E-state index contributed by atoms with van der Waals surface area (Å²) < 4.78 is 58.3. The first-order chi connectivity index (χ1) is 12.8. The Morgan fingerprint density at radius 3 is 2.37 bits per heavy atom. The molecule has 0 saturated carbocycles. The van der Waals surface area contributed by atoms with Crippen LogP contribution in [-0.2, 0) is 10.0 Å². The fourth-order valence-corrected chi connectivity index (χ4v) is 4.36. The van der Waals surface area contributed by atoms with E-state index >= 15 is 0 Å². The summed E-state index contributed by atoms with van der Waals surface area (Å²) in [5.41, 5.74) is 0.440. The van der Waals surface area contributed by atoms with E-state index < -0.39 is 26.6 Å². The fourth-order valence-electron chi connectivity index (χ4n) is 2.89. The maximum atomic E-state index is 13.9. The van der Waals surface area contributed by atoms with E-state index in [1.807, 2.05) is 0 Å². The Hall–Kier alpha value is -2.52. The second-order valence-electron chi connectivity index (χ2n) is 6.00. The third kappa shape index (κ3) is 3.93. The van der Waals surface area contributed by atoms with Crippen LogP contribution in [0.1, 0.15) is 10.4 Å². The standard InChI is InChI=1S/C18H18F2N2O4S/c1-26-15-4-2-3-13(11-15)18(23)21-7-9-22(10-8-21)27(24,25)17-6-5-14(19)12-16(17)20/h2-6,11-12H,7-10H2,1H3. The van der Waals surface area contributed by atoms with Gasteiger partial charge in [-0.3, -0.25) is 4.79 Å². The molecule has 0 bridgehead atoms. The second kappa shape index (κ2) is 7.61. The van der Waals surface area contributed by atoms with Gasteiger partial charge in [0.25, 0.3) is 5.91 Å². The zero-order valence-electron chi connectivity index (χ0n) is 14.6. The van der Waals surface area contributed by atoms with Gasteiger partial charge in [0.1, 0.15) is 22.3 Å². The summed E-state index contributed by atoms with van der Waals surface area (Å²) in [5, 5.41) is 0. The van der Waals surface area contributed by atoms with Gasteiger partial charge in [0.2, 0.25) is 10.0 Å². The summed E-state index contributed by atoms with van der Waals surface area (Å²) in [6.07, 6.45) is 0. The number of hydrogen-bond donors (Lipinski definition) is 0.